The predicted octanol–water partition coefficient (Wildman–Crippen LogP) is 3.67. The molecule has 1 aromatic carbocycles. The molecule has 0 aliphatic carbocycles. The van der Waals surface area contributed by atoms with E-state index < -0.39 is 5.79 Å². The average Bonchev–Trinajstić information content (AvgIpc) is 3.01. The molecule has 6 heteroatoms. The van der Waals surface area contributed by atoms with E-state index in [0.717, 1.165) is 41.7 Å². The normalized spacial score (nSPS) is 23.1. The first-order valence-corrected chi connectivity index (χ1v) is 9.57. The Labute approximate surface area is 152 Å². The third-order valence-corrected chi connectivity index (χ3v) is 5.67. The molecule has 3 heterocycles. The summed E-state index contributed by atoms with van der Waals surface area (Å²) in [6, 6.07) is 6.65. The molecule has 1 fully saturated rings. The van der Waals surface area contributed by atoms with Crippen molar-refractivity contribution in [2.45, 2.75) is 45.8 Å². The summed E-state index contributed by atoms with van der Waals surface area (Å²) < 4.78 is 17.4. The number of ether oxygens (including phenoxy) is 3. The predicted molar refractivity (Wildman–Crippen MR) is 96.8 cm³/mol. The highest BCUT2D eigenvalue weighted by molar-refractivity contribution is 7.09. The Morgan fingerprint density at radius 3 is 3.04 bits per heavy atom. The van der Waals surface area contributed by atoms with Crippen LogP contribution in [0.5, 0.6) is 5.75 Å². The van der Waals surface area contributed by atoms with E-state index >= 15 is 0 Å². The number of nitrogens with zero attached hydrogens (tertiary/aromatic N) is 2. The van der Waals surface area contributed by atoms with Gasteiger partial charge in [-0.2, -0.15) is 0 Å². The summed E-state index contributed by atoms with van der Waals surface area (Å²) in [7, 11) is 0. The van der Waals surface area contributed by atoms with Crippen molar-refractivity contribution in [3.05, 3.63) is 45.4 Å². The van der Waals surface area contributed by atoms with Crippen LogP contribution in [0.4, 0.5) is 0 Å². The number of aryl methyl sites for hydroxylation is 1. The van der Waals surface area contributed by atoms with Crippen molar-refractivity contribution >= 4 is 11.3 Å². The van der Waals surface area contributed by atoms with Gasteiger partial charge in [0.1, 0.15) is 10.8 Å². The van der Waals surface area contributed by atoms with Gasteiger partial charge in [-0.15, -0.1) is 11.3 Å². The summed E-state index contributed by atoms with van der Waals surface area (Å²) in [5.74, 6) is 0.376. The van der Waals surface area contributed by atoms with Crippen molar-refractivity contribution in [3.63, 3.8) is 0 Å². The molecule has 134 valence electrons. The minimum absolute atomic E-state index is 0.231. The summed E-state index contributed by atoms with van der Waals surface area (Å²) in [5, 5.41) is 3.25. The molecule has 4 rings (SSSR count). The van der Waals surface area contributed by atoms with Gasteiger partial charge in [-0.1, -0.05) is 6.07 Å². The van der Waals surface area contributed by atoms with Gasteiger partial charge in [0.05, 0.1) is 25.9 Å². The zero-order chi connectivity index (χ0) is 17.4. The Kier molecular flexibility index (Phi) is 4.54. The highest BCUT2D eigenvalue weighted by Crippen LogP contribution is 2.33. The minimum Gasteiger partial charge on any atom is -0.463 e. The first kappa shape index (κ1) is 17.0. The molecular formula is C19H24N2O3S. The van der Waals surface area contributed by atoms with Crippen molar-refractivity contribution in [2.24, 2.45) is 0 Å². The van der Waals surface area contributed by atoms with E-state index in [1.807, 2.05) is 20.8 Å². The quantitative estimate of drug-likeness (QED) is 0.836. The molecule has 2 aromatic rings. The second-order valence-corrected chi connectivity index (χ2v) is 8.01. The molecule has 1 atom stereocenters. The fourth-order valence-corrected chi connectivity index (χ4v) is 4.22. The number of hydrogen-bond donors (Lipinski definition) is 0. The molecule has 0 amide bonds. The van der Waals surface area contributed by atoms with Crippen LogP contribution in [0.3, 0.4) is 0 Å². The molecule has 0 bridgehead atoms. The maximum atomic E-state index is 5.89. The van der Waals surface area contributed by atoms with Crippen LogP contribution < -0.4 is 4.74 Å². The number of thiazole rings is 1. The van der Waals surface area contributed by atoms with E-state index in [4.69, 9.17) is 14.2 Å². The van der Waals surface area contributed by atoms with Crippen LogP contribution in [0.25, 0.3) is 0 Å². The maximum Gasteiger partial charge on any atom is 0.205 e. The lowest BCUT2D eigenvalue weighted by Gasteiger charge is -2.35. The van der Waals surface area contributed by atoms with Crippen molar-refractivity contribution in [2.75, 3.05) is 19.8 Å². The zero-order valence-corrected chi connectivity index (χ0v) is 15.8. The standard InChI is InChI=1S/C19H24N2O3S/c1-13-12-25-18(20-13)16-11-22-7-6-21(16)9-14-4-5-17-15(8-14)10-23-19(2,3)24-17/h4-5,8,12,16H,6-7,9-11H2,1-3H3. The Balaban J connectivity index is 1.52. The number of rotatable bonds is 3. The number of benzene rings is 1. The lowest BCUT2D eigenvalue weighted by molar-refractivity contribution is -0.180. The van der Waals surface area contributed by atoms with Gasteiger partial charge >= 0.3 is 0 Å². The van der Waals surface area contributed by atoms with Crippen molar-refractivity contribution in [1.82, 2.24) is 9.88 Å². The van der Waals surface area contributed by atoms with Gasteiger partial charge in [-0.3, -0.25) is 4.90 Å². The fraction of sp³-hybridized carbons (Fsp3) is 0.526. The monoisotopic (exact) mass is 360 g/mol. The van der Waals surface area contributed by atoms with Crippen molar-refractivity contribution in [3.8, 4) is 5.75 Å². The molecule has 1 aromatic heterocycles. The number of hydrogen-bond acceptors (Lipinski definition) is 6. The molecule has 1 saturated heterocycles. The van der Waals surface area contributed by atoms with Gasteiger partial charge in [0.2, 0.25) is 5.79 Å². The summed E-state index contributed by atoms with van der Waals surface area (Å²) in [6.07, 6.45) is 0. The number of aromatic nitrogens is 1. The van der Waals surface area contributed by atoms with Crippen LogP contribution in [0.15, 0.2) is 23.6 Å². The lowest BCUT2D eigenvalue weighted by Crippen LogP contribution is -2.39. The second kappa shape index (κ2) is 6.68. The number of morpholine rings is 1. The van der Waals surface area contributed by atoms with Crippen LogP contribution >= 0.6 is 11.3 Å². The Morgan fingerprint density at radius 2 is 2.24 bits per heavy atom. The summed E-state index contributed by atoms with van der Waals surface area (Å²) in [4.78, 5) is 7.13. The molecule has 2 aliphatic rings. The van der Waals surface area contributed by atoms with Crippen LogP contribution in [-0.2, 0) is 22.6 Å². The maximum absolute atomic E-state index is 5.89. The largest absolute Gasteiger partial charge is 0.463 e. The third-order valence-electron chi connectivity index (χ3n) is 4.60. The Morgan fingerprint density at radius 1 is 1.36 bits per heavy atom. The summed E-state index contributed by atoms with van der Waals surface area (Å²) in [5.41, 5.74) is 3.47. The van der Waals surface area contributed by atoms with Gasteiger partial charge < -0.3 is 14.2 Å². The van der Waals surface area contributed by atoms with E-state index in [-0.39, 0.29) is 6.04 Å². The minimum atomic E-state index is -0.549. The van der Waals surface area contributed by atoms with E-state index in [2.05, 4.69) is 33.5 Å². The fourth-order valence-electron chi connectivity index (χ4n) is 3.30. The molecular weight excluding hydrogens is 336 g/mol. The van der Waals surface area contributed by atoms with E-state index in [1.54, 1.807) is 11.3 Å². The zero-order valence-electron chi connectivity index (χ0n) is 14.9. The molecule has 2 aliphatic heterocycles. The summed E-state index contributed by atoms with van der Waals surface area (Å²) >= 11 is 1.72. The van der Waals surface area contributed by atoms with Gasteiger partial charge in [0.25, 0.3) is 0 Å². The third kappa shape index (κ3) is 3.72. The molecule has 0 N–H and O–H groups in total. The molecule has 1 unspecified atom stereocenters. The first-order chi connectivity index (χ1) is 12.0. The topological polar surface area (TPSA) is 43.8 Å². The average molecular weight is 360 g/mol. The Hall–Kier alpha value is -1.47. The molecule has 5 nitrogen and oxygen atoms in total. The summed E-state index contributed by atoms with van der Waals surface area (Å²) in [6.45, 7) is 9.79. The molecule has 25 heavy (non-hydrogen) atoms. The van der Waals surface area contributed by atoms with Gasteiger partial charge in [0.15, 0.2) is 0 Å². The highest BCUT2D eigenvalue weighted by Gasteiger charge is 2.29. The van der Waals surface area contributed by atoms with Crippen LogP contribution in [-0.4, -0.2) is 35.4 Å². The first-order valence-electron chi connectivity index (χ1n) is 8.69. The van der Waals surface area contributed by atoms with Crippen molar-refractivity contribution < 1.29 is 14.2 Å². The smallest absolute Gasteiger partial charge is 0.205 e. The van der Waals surface area contributed by atoms with Gasteiger partial charge in [-0.05, 0) is 24.6 Å². The van der Waals surface area contributed by atoms with Crippen LogP contribution in [0.1, 0.15) is 41.7 Å². The van der Waals surface area contributed by atoms with Crippen LogP contribution in [0, 0.1) is 6.92 Å². The van der Waals surface area contributed by atoms with Crippen LogP contribution in [0.2, 0.25) is 0 Å². The second-order valence-electron chi connectivity index (χ2n) is 7.12. The Bertz CT molecular complexity index is 759. The molecule has 0 spiro atoms. The number of fused-ring (bicyclic) bond motifs is 1. The van der Waals surface area contributed by atoms with Gasteiger partial charge in [-0.25, -0.2) is 4.98 Å². The highest BCUT2D eigenvalue weighted by atomic mass is 32.1. The SMILES string of the molecule is Cc1csc(C2COCCN2Cc2ccc3c(c2)COC(C)(C)O3)n1. The van der Waals surface area contributed by atoms with Crippen molar-refractivity contribution in [1.29, 1.82) is 0 Å². The molecule has 0 saturated carbocycles. The van der Waals surface area contributed by atoms with E-state index in [1.165, 1.54) is 5.56 Å². The molecule has 0 radical (unpaired) electrons. The van der Waals surface area contributed by atoms with Gasteiger partial charge in [0, 0.05) is 43.6 Å². The van der Waals surface area contributed by atoms with E-state index in [0.29, 0.717) is 13.2 Å². The lowest BCUT2D eigenvalue weighted by atomic mass is 10.1. The van der Waals surface area contributed by atoms with E-state index in [9.17, 15) is 0 Å².